The average molecular weight is 297 g/mol. The Hall–Kier alpha value is -2.40. The zero-order chi connectivity index (χ0) is 14.5. The van der Waals surface area contributed by atoms with Crippen molar-refractivity contribution in [1.82, 2.24) is 9.78 Å². The van der Waals surface area contributed by atoms with Gasteiger partial charge in [0.05, 0.1) is 16.8 Å². The van der Waals surface area contributed by atoms with Crippen molar-refractivity contribution in [3.05, 3.63) is 70.7 Å². The number of rotatable bonds is 5. The molecule has 4 nitrogen and oxygen atoms in total. The number of hydrogen-bond donors (Lipinski definition) is 1. The Kier molecular flexibility index (Phi) is 4.12. The number of aromatic nitrogens is 2. The number of benzene rings is 1. The monoisotopic (exact) mass is 297 g/mol. The third kappa shape index (κ3) is 3.58. The fraction of sp³-hybridized carbons (Fsp3) is 0.125. The maximum Gasteiger partial charge on any atom is 0.265 e. The van der Waals surface area contributed by atoms with Gasteiger partial charge in [0.1, 0.15) is 0 Å². The molecule has 2 heterocycles. The molecule has 21 heavy (non-hydrogen) atoms. The van der Waals surface area contributed by atoms with Crippen LogP contribution < -0.4 is 5.32 Å². The summed E-state index contributed by atoms with van der Waals surface area (Å²) < 4.78 is 1.84. The largest absolute Gasteiger partial charge is 0.319 e. The van der Waals surface area contributed by atoms with Crippen LogP contribution in [0.25, 0.3) is 0 Å². The molecule has 0 radical (unpaired) electrons. The molecular weight excluding hydrogens is 282 g/mol. The second-order valence-corrected chi connectivity index (χ2v) is 5.61. The lowest BCUT2D eigenvalue weighted by atomic mass is 10.1. The standard InChI is InChI=1S/C16H15N3OS/c20-16(15-7-4-10-21-15)18-14-11-17-19(12-14)9-8-13-5-2-1-3-6-13/h1-7,10-12H,8-9H2,(H,18,20). The summed E-state index contributed by atoms with van der Waals surface area (Å²) in [6.07, 6.45) is 4.45. The van der Waals surface area contributed by atoms with E-state index in [1.807, 2.05) is 40.5 Å². The minimum Gasteiger partial charge on any atom is -0.319 e. The van der Waals surface area contributed by atoms with Gasteiger partial charge in [-0.1, -0.05) is 36.4 Å². The van der Waals surface area contributed by atoms with Crippen LogP contribution in [-0.4, -0.2) is 15.7 Å². The maximum atomic E-state index is 11.9. The van der Waals surface area contributed by atoms with Gasteiger partial charge in [0.15, 0.2) is 0 Å². The molecule has 0 saturated heterocycles. The van der Waals surface area contributed by atoms with E-state index >= 15 is 0 Å². The summed E-state index contributed by atoms with van der Waals surface area (Å²) in [7, 11) is 0. The lowest BCUT2D eigenvalue weighted by Crippen LogP contribution is -2.09. The molecule has 0 aliphatic carbocycles. The molecule has 5 heteroatoms. The van der Waals surface area contributed by atoms with Crippen LogP contribution >= 0.6 is 11.3 Å². The summed E-state index contributed by atoms with van der Waals surface area (Å²) in [4.78, 5) is 12.6. The summed E-state index contributed by atoms with van der Waals surface area (Å²) in [5, 5.41) is 9.01. The zero-order valence-corrected chi connectivity index (χ0v) is 12.2. The Morgan fingerprint density at radius 2 is 2.05 bits per heavy atom. The predicted octanol–water partition coefficient (Wildman–Crippen LogP) is 3.44. The van der Waals surface area contributed by atoms with Gasteiger partial charge in [-0.05, 0) is 23.4 Å². The van der Waals surface area contributed by atoms with Crippen LogP contribution in [0, 0.1) is 0 Å². The minimum absolute atomic E-state index is 0.0902. The van der Waals surface area contributed by atoms with Gasteiger partial charge >= 0.3 is 0 Å². The molecule has 0 aliphatic heterocycles. The van der Waals surface area contributed by atoms with Crippen LogP contribution in [0.3, 0.4) is 0 Å². The van der Waals surface area contributed by atoms with Crippen molar-refractivity contribution in [1.29, 1.82) is 0 Å². The maximum absolute atomic E-state index is 11.9. The number of aryl methyl sites for hydroxylation is 2. The number of thiophene rings is 1. The van der Waals surface area contributed by atoms with Crippen molar-refractivity contribution in [2.24, 2.45) is 0 Å². The van der Waals surface area contributed by atoms with Gasteiger partial charge in [-0.2, -0.15) is 5.10 Å². The van der Waals surface area contributed by atoms with Gasteiger partial charge in [-0.15, -0.1) is 11.3 Å². The normalized spacial score (nSPS) is 10.5. The van der Waals surface area contributed by atoms with E-state index in [4.69, 9.17) is 0 Å². The lowest BCUT2D eigenvalue weighted by molar-refractivity contribution is 0.103. The first kappa shape index (κ1) is 13.6. The summed E-state index contributed by atoms with van der Waals surface area (Å²) >= 11 is 1.43. The van der Waals surface area contributed by atoms with Gasteiger partial charge in [-0.25, -0.2) is 0 Å². The van der Waals surface area contributed by atoms with Crippen LogP contribution in [0.2, 0.25) is 0 Å². The molecule has 0 aliphatic rings. The molecular formula is C16H15N3OS. The van der Waals surface area contributed by atoms with E-state index in [1.54, 1.807) is 12.3 Å². The molecule has 0 spiro atoms. The smallest absolute Gasteiger partial charge is 0.265 e. The Labute approximate surface area is 127 Å². The van der Waals surface area contributed by atoms with E-state index in [0.717, 1.165) is 18.7 Å². The Bertz CT molecular complexity index is 704. The minimum atomic E-state index is -0.0902. The number of nitrogens with zero attached hydrogens (tertiary/aromatic N) is 2. The molecule has 0 bridgehead atoms. The van der Waals surface area contributed by atoms with Crippen molar-refractivity contribution >= 4 is 22.9 Å². The van der Waals surface area contributed by atoms with Crippen LogP contribution in [0.1, 0.15) is 15.2 Å². The summed E-state index contributed by atoms with van der Waals surface area (Å²) in [5.74, 6) is -0.0902. The molecule has 3 aromatic rings. The van der Waals surface area contributed by atoms with Gasteiger partial charge in [0, 0.05) is 12.7 Å². The molecule has 0 unspecified atom stereocenters. The van der Waals surface area contributed by atoms with Gasteiger partial charge in [-0.3, -0.25) is 9.48 Å². The second kappa shape index (κ2) is 6.37. The first-order chi connectivity index (χ1) is 10.3. The van der Waals surface area contributed by atoms with Crippen LogP contribution in [0.4, 0.5) is 5.69 Å². The topological polar surface area (TPSA) is 46.9 Å². The fourth-order valence-corrected chi connectivity index (χ4v) is 2.66. The molecule has 0 fully saturated rings. The first-order valence-electron chi connectivity index (χ1n) is 6.72. The summed E-state index contributed by atoms with van der Waals surface area (Å²) in [6, 6.07) is 13.9. The van der Waals surface area contributed by atoms with Gasteiger partial charge in [0.25, 0.3) is 5.91 Å². The highest BCUT2D eigenvalue weighted by Crippen LogP contribution is 2.13. The van der Waals surface area contributed by atoms with Crippen molar-refractivity contribution in [3.8, 4) is 0 Å². The fourth-order valence-electron chi connectivity index (χ4n) is 2.04. The summed E-state index contributed by atoms with van der Waals surface area (Å²) in [6.45, 7) is 0.791. The number of anilines is 1. The molecule has 106 valence electrons. The van der Waals surface area contributed by atoms with E-state index in [-0.39, 0.29) is 5.91 Å². The molecule has 2 aromatic heterocycles. The van der Waals surface area contributed by atoms with E-state index in [0.29, 0.717) is 4.88 Å². The van der Waals surface area contributed by atoms with E-state index < -0.39 is 0 Å². The zero-order valence-electron chi connectivity index (χ0n) is 11.4. The number of carbonyl (C=O) groups excluding carboxylic acids is 1. The van der Waals surface area contributed by atoms with E-state index in [1.165, 1.54) is 16.9 Å². The van der Waals surface area contributed by atoms with Gasteiger partial charge in [0.2, 0.25) is 0 Å². The van der Waals surface area contributed by atoms with Crippen molar-refractivity contribution in [2.45, 2.75) is 13.0 Å². The SMILES string of the molecule is O=C(Nc1cnn(CCc2ccccc2)c1)c1cccs1. The molecule has 0 atom stereocenters. The first-order valence-corrected chi connectivity index (χ1v) is 7.60. The number of carbonyl (C=O) groups is 1. The Morgan fingerprint density at radius 3 is 2.81 bits per heavy atom. The van der Waals surface area contributed by atoms with Gasteiger partial charge < -0.3 is 5.32 Å². The van der Waals surface area contributed by atoms with Crippen LogP contribution in [0.5, 0.6) is 0 Å². The van der Waals surface area contributed by atoms with E-state index in [9.17, 15) is 4.79 Å². The van der Waals surface area contributed by atoms with Crippen molar-refractivity contribution in [2.75, 3.05) is 5.32 Å². The predicted molar refractivity (Wildman–Crippen MR) is 84.6 cm³/mol. The number of nitrogens with one attached hydrogen (secondary N) is 1. The molecule has 1 amide bonds. The van der Waals surface area contributed by atoms with Crippen LogP contribution in [-0.2, 0) is 13.0 Å². The van der Waals surface area contributed by atoms with Crippen LogP contribution in [0.15, 0.2) is 60.2 Å². The average Bonchev–Trinajstić information content (AvgIpc) is 3.18. The highest BCUT2D eigenvalue weighted by Gasteiger charge is 2.08. The highest BCUT2D eigenvalue weighted by molar-refractivity contribution is 7.12. The molecule has 0 saturated carbocycles. The highest BCUT2D eigenvalue weighted by atomic mass is 32.1. The lowest BCUT2D eigenvalue weighted by Gasteiger charge is -2.02. The quantitative estimate of drug-likeness (QED) is 0.784. The summed E-state index contributed by atoms with van der Waals surface area (Å²) in [5.41, 5.74) is 2.00. The van der Waals surface area contributed by atoms with Crippen molar-refractivity contribution < 1.29 is 4.79 Å². The second-order valence-electron chi connectivity index (χ2n) is 4.66. The Morgan fingerprint density at radius 1 is 1.19 bits per heavy atom. The van der Waals surface area contributed by atoms with Crippen molar-refractivity contribution in [3.63, 3.8) is 0 Å². The third-order valence-corrected chi connectivity index (χ3v) is 3.98. The number of amides is 1. The molecule has 1 N–H and O–H groups in total. The Balaban J connectivity index is 1.57. The number of hydrogen-bond acceptors (Lipinski definition) is 3. The van der Waals surface area contributed by atoms with E-state index in [2.05, 4.69) is 22.5 Å². The molecule has 3 rings (SSSR count). The third-order valence-electron chi connectivity index (χ3n) is 3.11. The molecule has 1 aromatic carbocycles.